The molecule has 10 nitrogen and oxygen atoms in total. The lowest BCUT2D eigenvalue weighted by Gasteiger charge is -2.32. The van der Waals surface area contributed by atoms with E-state index in [1.165, 1.54) is 12.8 Å². The van der Waals surface area contributed by atoms with E-state index in [-0.39, 0.29) is 18.1 Å². The highest BCUT2D eigenvalue weighted by Crippen LogP contribution is 2.32. The van der Waals surface area contributed by atoms with Crippen LogP contribution in [0.15, 0.2) is 42.9 Å². The molecule has 0 spiro atoms. The molecule has 2 saturated heterocycles. The number of likely N-dealkylation sites (N-methyl/N-ethyl adjacent to an activating group) is 1. The molecule has 0 atom stereocenters. The fraction of sp³-hybridized carbons (Fsp3) is 0.562. The zero-order valence-electron chi connectivity index (χ0n) is 24.7. The van der Waals surface area contributed by atoms with E-state index in [1.54, 1.807) is 12.5 Å². The molecule has 0 bridgehead atoms. The van der Waals surface area contributed by atoms with Crippen molar-refractivity contribution in [3.05, 3.63) is 48.5 Å². The van der Waals surface area contributed by atoms with E-state index in [2.05, 4.69) is 43.2 Å². The molecule has 2 amide bonds. The van der Waals surface area contributed by atoms with Crippen LogP contribution in [-0.4, -0.2) is 101 Å². The van der Waals surface area contributed by atoms with Gasteiger partial charge in [0, 0.05) is 69.3 Å². The lowest BCUT2D eigenvalue weighted by molar-refractivity contribution is 0.145. The number of anilines is 1. The average molecular weight is 574 g/mol. The Hall–Kier alpha value is -3.50. The minimum absolute atomic E-state index is 0.0957. The van der Waals surface area contributed by atoms with Crippen LogP contribution in [0.2, 0.25) is 0 Å². The number of nitrogens with zero attached hydrogens (tertiary/aromatic N) is 6. The second kappa shape index (κ2) is 13.6. The molecule has 4 heterocycles. The minimum Gasteiger partial charge on any atom is -0.493 e. The average Bonchev–Trinajstić information content (AvgIpc) is 3.54. The summed E-state index contributed by atoms with van der Waals surface area (Å²) >= 11 is 0. The molecule has 0 unspecified atom stereocenters. The van der Waals surface area contributed by atoms with Gasteiger partial charge in [-0.25, -0.2) is 19.7 Å². The third-order valence-corrected chi connectivity index (χ3v) is 8.87. The van der Waals surface area contributed by atoms with Gasteiger partial charge in [0.2, 0.25) is 5.88 Å². The van der Waals surface area contributed by atoms with E-state index < -0.39 is 0 Å². The SMILES string of the molecule is CN1CCN(CCCOc2ccc3c(C4CCN(C(=O)Nc5ccc(OC6CCCC6)nc5)CC4)ncnc3c2)CC1. The number of fused-ring (bicyclic) bond motifs is 1. The van der Waals surface area contributed by atoms with E-state index in [4.69, 9.17) is 9.47 Å². The Kier molecular flexibility index (Phi) is 9.30. The Bertz CT molecular complexity index is 1320. The smallest absolute Gasteiger partial charge is 0.321 e. The number of rotatable bonds is 9. The van der Waals surface area contributed by atoms with Gasteiger partial charge in [0.15, 0.2) is 0 Å². The number of aromatic nitrogens is 3. The number of urea groups is 1. The first kappa shape index (κ1) is 28.6. The second-order valence-corrected chi connectivity index (χ2v) is 11.9. The van der Waals surface area contributed by atoms with Crippen LogP contribution in [0.1, 0.15) is 56.6 Å². The molecule has 1 saturated carbocycles. The maximum atomic E-state index is 12.9. The lowest BCUT2D eigenvalue weighted by atomic mass is 9.91. The van der Waals surface area contributed by atoms with Gasteiger partial charge in [-0.15, -0.1) is 0 Å². The van der Waals surface area contributed by atoms with Crippen LogP contribution >= 0.6 is 0 Å². The third-order valence-electron chi connectivity index (χ3n) is 8.87. The number of piperazine rings is 1. The Balaban J connectivity index is 0.975. The molecule has 10 heteroatoms. The number of piperidine rings is 1. The van der Waals surface area contributed by atoms with Gasteiger partial charge in [-0.2, -0.15) is 0 Å². The van der Waals surface area contributed by atoms with E-state index in [9.17, 15) is 4.79 Å². The summed E-state index contributed by atoms with van der Waals surface area (Å²) in [7, 11) is 2.18. The van der Waals surface area contributed by atoms with Gasteiger partial charge in [-0.05, 0) is 70.2 Å². The summed E-state index contributed by atoms with van der Waals surface area (Å²) in [5.41, 5.74) is 2.65. The standard InChI is InChI=1S/C32H43N7O3/c1-37-16-18-38(19-17-37)13-4-20-41-27-8-9-28-29(21-27)34-23-35-31(28)24-11-14-39(15-12-24)32(40)36-25-7-10-30(33-22-25)42-26-5-2-3-6-26/h7-10,21-24,26H,2-6,11-20H2,1H3,(H,36,40). The molecule has 2 aromatic heterocycles. The van der Waals surface area contributed by atoms with Crippen molar-refractivity contribution in [3.63, 3.8) is 0 Å². The van der Waals surface area contributed by atoms with Crippen molar-refractivity contribution in [1.82, 2.24) is 29.7 Å². The largest absolute Gasteiger partial charge is 0.493 e. The van der Waals surface area contributed by atoms with Crippen molar-refractivity contribution in [2.24, 2.45) is 0 Å². The number of ether oxygens (including phenoxy) is 2. The fourth-order valence-corrected chi connectivity index (χ4v) is 6.28. The Morgan fingerprint density at radius 2 is 1.76 bits per heavy atom. The zero-order valence-corrected chi connectivity index (χ0v) is 24.7. The van der Waals surface area contributed by atoms with E-state index in [1.807, 2.05) is 29.2 Å². The molecular weight excluding hydrogens is 530 g/mol. The topological polar surface area (TPSA) is 96.0 Å². The van der Waals surface area contributed by atoms with Crippen LogP contribution in [0, 0.1) is 0 Å². The predicted octanol–water partition coefficient (Wildman–Crippen LogP) is 4.77. The lowest BCUT2D eigenvalue weighted by Crippen LogP contribution is -2.44. The highest BCUT2D eigenvalue weighted by molar-refractivity contribution is 5.89. The van der Waals surface area contributed by atoms with Gasteiger partial charge in [-0.3, -0.25) is 0 Å². The summed E-state index contributed by atoms with van der Waals surface area (Å²) in [6, 6.07) is 9.75. The van der Waals surface area contributed by atoms with Crippen LogP contribution in [0.3, 0.4) is 0 Å². The molecule has 6 rings (SSSR count). The van der Waals surface area contributed by atoms with Crippen LogP contribution in [0.4, 0.5) is 10.5 Å². The number of benzene rings is 1. The van der Waals surface area contributed by atoms with Gasteiger partial charge >= 0.3 is 6.03 Å². The molecule has 3 aliphatic rings. The van der Waals surface area contributed by atoms with Crippen LogP contribution in [0.5, 0.6) is 11.6 Å². The summed E-state index contributed by atoms with van der Waals surface area (Å²) < 4.78 is 12.0. The number of nitrogens with one attached hydrogen (secondary N) is 1. The van der Waals surface area contributed by atoms with Gasteiger partial charge < -0.3 is 29.5 Å². The first-order valence-corrected chi connectivity index (χ1v) is 15.6. The second-order valence-electron chi connectivity index (χ2n) is 11.9. The Morgan fingerprint density at radius 3 is 2.52 bits per heavy atom. The first-order chi connectivity index (χ1) is 20.6. The molecule has 3 fully saturated rings. The van der Waals surface area contributed by atoms with Crippen LogP contribution in [0.25, 0.3) is 10.9 Å². The summed E-state index contributed by atoms with van der Waals surface area (Å²) in [6.07, 6.45) is 10.9. The number of amides is 2. The van der Waals surface area contributed by atoms with Gasteiger partial charge in [-0.1, -0.05) is 0 Å². The number of hydrogen-bond donors (Lipinski definition) is 1. The van der Waals surface area contributed by atoms with Crippen molar-refractivity contribution in [2.45, 2.75) is 57.0 Å². The van der Waals surface area contributed by atoms with Crippen molar-refractivity contribution in [2.75, 3.05) is 64.8 Å². The van der Waals surface area contributed by atoms with Crippen molar-refractivity contribution in [3.8, 4) is 11.6 Å². The fourth-order valence-electron chi connectivity index (χ4n) is 6.28. The number of likely N-dealkylation sites (tertiary alicyclic amines) is 1. The van der Waals surface area contributed by atoms with Crippen molar-refractivity contribution >= 4 is 22.6 Å². The van der Waals surface area contributed by atoms with E-state index in [0.29, 0.717) is 31.3 Å². The molecule has 1 N–H and O–H groups in total. The van der Waals surface area contributed by atoms with Crippen molar-refractivity contribution in [1.29, 1.82) is 0 Å². The minimum atomic E-state index is -0.0957. The van der Waals surface area contributed by atoms with E-state index in [0.717, 1.165) is 87.2 Å². The van der Waals surface area contributed by atoms with Gasteiger partial charge in [0.25, 0.3) is 0 Å². The maximum absolute atomic E-state index is 12.9. The Labute approximate surface area is 248 Å². The van der Waals surface area contributed by atoms with Gasteiger partial charge in [0.05, 0.1) is 29.7 Å². The maximum Gasteiger partial charge on any atom is 0.321 e. The molecule has 1 aliphatic carbocycles. The number of pyridine rings is 1. The van der Waals surface area contributed by atoms with E-state index >= 15 is 0 Å². The molecule has 224 valence electrons. The highest BCUT2D eigenvalue weighted by Gasteiger charge is 2.26. The monoisotopic (exact) mass is 573 g/mol. The zero-order chi connectivity index (χ0) is 28.7. The molecule has 3 aromatic rings. The molecule has 0 radical (unpaired) electrons. The predicted molar refractivity (Wildman–Crippen MR) is 163 cm³/mol. The summed E-state index contributed by atoms with van der Waals surface area (Å²) in [5, 5.41) is 4.05. The third kappa shape index (κ3) is 7.28. The molecular formula is C32H43N7O3. The Morgan fingerprint density at radius 1 is 0.952 bits per heavy atom. The number of carbonyl (C=O) groups is 1. The first-order valence-electron chi connectivity index (χ1n) is 15.6. The normalized spacial score (nSPS) is 19.3. The summed E-state index contributed by atoms with van der Waals surface area (Å²) in [6.45, 7) is 7.67. The van der Waals surface area contributed by atoms with Crippen LogP contribution < -0.4 is 14.8 Å². The van der Waals surface area contributed by atoms with Crippen molar-refractivity contribution < 1.29 is 14.3 Å². The molecule has 1 aromatic carbocycles. The number of carbonyl (C=O) groups excluding carboxylic acids is 1. The summed E-state index contributed by atoms with van der Waals surface area (Å²) in [5.74, 6) is 1.76. The highest BCUT2D eigenvalue weighted by atomic mass is 16.5. The van der Waals surface area contributed by atoms with Crippen LogP contribution in [-0.2, 0) is 0 Å². The summed E-state index contributed by atoms with van der Waals surface area (Å²) in [4.78, 5) is 33.3. The molecule has 42 heavy (non-hydrogen) atoms. The van der Waals surface area contributed by atoms with Gasteiger partial charge in [0.1, 0.15) is 18.2 Å². The quantitative estimate of drug-likeness (QED) is 0.366. The number of hydrogen-bond acceptors (Lipinski definition) is 8. The molecule has 2 aliphatic heterocycles.